The summed E-state index contributed by atoms with van der Waals surface area (Å²) in [6, 6.07) is 3.49. The molecular formula is C10H11F3O. The van der Waals surface area contributed by atoms with E-state index < -0.39 is 23.9 Å². The first kappa shape index (κ1) is 11.0. The van der Waals surface area contributed by atoms with Crippen LogP contribution in [0.4, 0.5) is 13.2 Å². The second-order valence-electron chi connectivity index (χ2n) is 3.21. The summed E-state index contributed by atoms with van der Waals surface area (Å²) in [7, 11) is 0. The van der Waals surface area contributed by atoms with E-state index in [1.807, 2.05) is 0 Å². The third kappa shape index (κ3) is 2.73. The third-order valence-corrected chi connectivity index (χ3v) is 1.83. The van der Waals surface area contributed by atoms with E-state index in [-0.39, 0.29) is 6.42 Å². The first-order valence-corrected chi connectivity index (χ1v) is 4.25. The highest BCUT2D eigenvalue weighted by molar-refractivity contribution is 5.25. The van der Waals surface area contributed by atoms with Crippen LogP contribution < -0.4 is 0 Å². The summed E-state index contributed by atoms with van der Waals surface area (Å²) in [6.45, 7) is 1.55. The molecule has 1 rings (SSSR count). The van der Waals surface area contributed by atoms with E-state index in [2.05, 4.69) is 0 Å². The number of hydrogen-bond donors (Lipinski definition) is 1. The van der Waals surface area contributed by atoms with Crippen LogP contribution in [0.3, 0.4) is 0 Å². The standard InChI is InChI=1S/C10H11F3O/c1-6(14)4-7-2-3-8(10(12)13)9(11)5-7/h2-3,5-6,10,14H,4H2,1H3. The quantitative estimate of drug-likeness (QED) is 0.802. The van der Waals surface area contributed by atoms with Crippen molar-refractivity contribution in [1.29, 1.82) is 0 Å². The summed E-state index contributed by atoms with van der Waals surface area (Å²) in [5.74, 6) is -0.918. The van der Waals surface area contributed by atoms with Gasteiger partial charge >= 0.3 is 0 Å². The number of rotatable bonds is 3. The normalized spacial score (nSPS) is 13.3. The Balaban J connectivity index is 2.89. The third-order valence-electron chi connectivity index (χ3n) is 1.83. The first-order chi connectivity index (χ1) is 6.50. The second-order valence-corrected chi connectivity index (χ2v) is 3.21. The molecule has 14 heavy (non-hydrogen) atoms. The zero-order valence-electron chi connectivity index (χ0n) is 7.67. The molecule has 78 valence electrons. The van der Waals surface area contributed by atoms with Gasteiger partial charge in [0.25, 0.3) is 6.43 Å². The maximum Gasteiger partial charge on any atom is 0.266 e. The van der Waals surface area contributed by atoms with Crippen LogP contribution in [0.1, 0.15) is 24.5 Å². The van der Waals surface area contributed by atoms with E-state index in [4.69, 9.17) is 5.11 Å². The fraction of sp³-hybridized carbons (Fsp3) is 0.400. The van der Waals surface area contributed by atoms with Crippen molar-refractivity contribution in [3.63, 3.8) is 0 Å². The predicted molar refractivity (Wildman–Crippen MR) is 46.7 cm³/mol. The van der Waals surface area contributed by atoms with Gasteiger partial charge in [-0.3, -0.25) is 0 Å². The lowest BCUT2D eigenvalue weighted by molar-refractivity contribution is 0.146. The highest BCUT2D eigenvalue weighted by atomic mass is 19.3. The maximum atomic E-state index is 13.0. The summed E-state index contributed by atoms with van der Waals surface area (Å²) in [5, 5.41) is 9.00. The minimum atomic E-state index is -2.80. The van der Waals surface area contributed by atoms with E-state index in [0.717, 1.165) is 12.1 Å². The van der Waals surface area contributed by atoms with Crippen molar-refractivity contribution in [2.75, 3.05) is 0 Å². The summed E-state index contributed by atoms with van der Waals surface area (Å²) >= 11 is 0. The van der Waals surface area contributed by atoms with Gasteiger partial charge in [0.2, 0.25) is 0 Å². The highest BCUT2D eigenvalue weighted by Gasteiger charge is 2.13. The van der Waals surface area contributed by atoms with Crippen LogP contribution in [0, 0.1) is 5.82 Å². The SMILES string of the molecule is CC(O)Cc1ccc(C(F)F)c(F)c1. The van der Waals surface area contributed by atoms with E-state index in [1.54, 1.807) is 6.92 Å². The predicted octanol–water partition coefficient (Wildman–Crippen LogP) is 2.69. The van der Waals surface area contributed by atoms with Crippen LogP contribution in [-0.4, -0.2) is 11.2 Å². The van der Waals surface area contributed by atoms with Crippen molar-refractivity contribution in [2.45, 2.75) is 25.9 Å². The van der Waals surface area contributed by atoms with E-state index in [9.17, 15) is 13.2 Å². The minimum Gasteiger partial charge on any atom is -0.393 e. The Hall–Kier alpha value is -1.03. The van der Waals surface area contributed by atoms with Crippen molar-refractivity contribution < 1.29 is 18.3 Å². The van der Waals surface area contributed by atoms with Crippen molar-refractivity contribution >= 4 is 0 Å². The van der Waals surface area contributed by atoms with E-state index >= 15 is 0 Å². The van der Waals surface area contributed by atoms with Gasteiger partial charge in [0, 0.05) is 0 Å². The van der Waals surface area contributed by atoms with Crippen LogP contribution in [0.15, 0.2) is 18.2 Å². The first-order valence-electron chi connectivity index (χ1n) is 4.25. The molecule has 0 aromatic heterocycles. The molecule has 4 heteroatoms. The van der Waals surface area contributed by atoms with Crippen LogP contribution in [-0.2, 0) is 6.42 Å². The van der Waals surface area contributed by atoms with Gasteiger partial charge in [-0.25, -0.2) is 13.2 Å². The molecule has 0 radical (unpaired) electrons. The molecule has 0 aliphatic rings. The molecule has 0 bridgehead atoms. The molecule has 0 aliphatic heterocycles. The Bertz CT molecular complexity index is 310. The second kappa shape index (κ2) is 4.46. The van der Waals surface area contributed by atoms with Gasteiger partial charge in [-0.2, -0.15) is 0 Å². The molecule has 1 atom stereocenters. The number of aliphatic hydroxyl groups is 1. The molecule has 1 aromatic carbocycles. The smallest absolute Gasteiger partial charge is 0.266 e. The number of hydrogen-bond acceptors (Lipinski definition) is 1. The van der Waals surface area contributed by atoms with Crippen molar-refractivity contribution in [1.82, 2.24) is 0 Å². The molecule has 0 fully saturated rings. The molecule has 0 saturated heterocycles. The summed E-state index contributed by atoms with van der Waals surface area (Å²) < 4.78 is 37.3. The fourth-order valence-electron chi connectivity index (χ4n) is 1.22. The molecule has 1 N–H and O–H groups in total. The number of alkyl halides is 2. The van der Waals surface area contributed by atoms with Crippen molar-refractivity contribution in [3.8, 4) is 0 Å². The average molecular weight is 204 g/mol. The summed E-state index contributed by atoms with van der Waals surface area (Å²) in [5.41, 5.74) is -0.0822. The Labute approximate surface area is 80.2 Å². The topological polar surface area (TPSA) is 20.2 Å². The lowest BCUT2D eigenvalue weighted by Gasteiger charge is -2.06. The molecular weight excluding hydrogens is 193 g/mol. The molecule has 0 amide bonds. The zero-order chi connectivity index (χ0) is 10.7. The number of aliphatic hydroxyl groups excluding tert-OH is 1. The fourth-order valence-corrected chi connectivity index (χ4v) is 1.22. The van der Waals surface area contributed by atoms with Gasteiger partial charge in [-0.05, 0) is 25.0 Å². The van der Waals surface area contributed by atoms with Gasteiger partial charge in [-0.1, -0.05) is 12.1 Å². The van der Waals surface area contributed by atoms with Gasteiger partial charge in [0.05, 0.1) is 11.7 Å². The van der Waals surface area contributed by atoms with Crippen LogP contribution in [0.2, 0.25) is 0 Å². The molecule has 1 unspecified atom stereocenters. The van der Waals surface area contributed by atoms with Crippen LogP contribution >= 0.6 is 0 Å². The monoisotopic (exact) mass is 204 g/mol. The van der Waals surface area contributed by atoms with E-state index in [0.29, 0.717) is 5.56 Å². The van der Waals surface area contributed by atoms with E-state index in [1.165, 1.54) is 6.07 Å². The molecule has 1 nitrogen and oxygen atoms in total. The lowest BCUT2D eigenvalue weighted by atomic mass is 10.1. The highest BCUT2D eigenvalue weighted by Crippen LogP contribution is 2.22. The summed E-state index contributed by atoms with van der Waals surface area (Å²) in [6.07, 6.45) is -3.14. The largest absolute Gasteiger partial charge is 0.393 e. The average Bonchev–Trinajstić information content (AvgIpc) is 2.01. The van der Waals surface area contributed by atoms with Gasteiger partial charge in [-0.15, -0.1) is 0 Å². The van der Waals surface area contributed by atoms with Gasteiger partial charge < -0.3 is 5.11 Å². The maximum absolute atomic E-state index is 13.0. The summed E-state index contributed by atoms with van der Waals surface area (Å²) in [4.78, 5) is 0. The Morgan fingerprint density at radius 3 is 2.43 bits per heavy atom. The Kier molecular flexibility index (Phi) is 3.52. The molecule has 0 aliphatic carbocycles. The lowest BCUT2D eigenvalue weighted by Crippen LogP contribution is -2.05. The molecule has 0 saturated carbocycles. The molecule has 0 heterocycles. The van der Waals surface area contributed by atoms with Crippen LogP contribution in [0.5, 0.6) is 0 Å². The Morgan fingerprint density at radius 1 is 1.36 bits per heavy atom. The number of halogens is 3. The molecule has 0 spiro atoms. The number of benzene rings is 1. The van der Waals surface area contributed by atoms with Crippen LogP contribution in [0.25, 0.3) is 0 Å². The van der Waals surface area contributed by atoms with Crippen molar-refractivity contribution in [2.24, 2.45) is 0 Å². The van der Waals surface area contributed by atoms with Gasteiger partial charge in [0.1, 0.15) is 5.82 Å². The van der Waals surface area contributed by atoms with Crippen molar-refractivity contribution in [3.05, 3.63) is 35.1 Å². The Morgan fingerprint density at radius 2 is 2.00 bits per heavy atom. The van der Waals surface area contributed by atoms with Gasteiger partial charge in [0.15, 0.2) is 0 Å². The zero-order valence-corrected chi connectivity index (χ0v) is 7.67. The minimum absolute atomic E-state index is 0.264. The molecule has 1 aromatic rings.